The van der Waals surface area contributed by atoms with Gasteiger partial charge in [0.2, 0.25) is 0 Å². The predicted molar refractivity (Wildman–Crippen MR) is 66.9 cm³/mol. The van der Waals surface area contributed by atoms with Crippen LogP contribution in [0.1, 0.15) is 33.6 Å². The topological polar surface area (TPSA) is 69.6 Å². The quantitative estimate of drug-likeness (QED) is 0.717. The van der Waals surface area contributed by atoms with E-state index in [1.807, 2.05) is 6.92 Å². The Morgan fingerprint density at radius 2 is 1.88 bits per heavy atom. The molecule has 0 aliphatic heterocycles. The lowest BCUT2D eigenvalue weighted by Gasteiger charge is -2.21. The minimum Gasteiger partial charge on any atom is -0.481 e. The molecule has 0 aromatic rings. The van der Waals surface area contributed by atoms with Crippen LogP contribution in [0.4, 0.5) is 4.79 Å². The monoisotopic (exact) mass is 244 g/mol. The van der Waals surface area contributed by atoms with E-state index in [1.165, 1.54) is 0 Å². The van der Waals surface area contributed by atoms with Gasteiger partial charge in [0.05, 0.1) is 0 Å². The number of hydrogen-bond donors (Lipinski definition) is 2. The second-order valence-corrected chi connectivity index (χ2v) is 5.00. The SMILES string of the molecule is CC(C)CN(C)C(=O)NCC(C)CCC(=O)O. The normalized spacial score (nSPS) is 12.3. The van der Waals surface area contributed by atoms with E-state index in [0.29, 0.717) is 18.9 Å². The zero-order chi connectivity index (χ0) is 13.4. The summed E-state index contributed by atoms with van der Waals surface area (Å²) in [6.45, 7) is 7.29. The van der Waals surface area contributed by atoms with Crippen LogP contribution in [0, 0.1) is 11.8 Å². The Kier molecular flexibility index (Phi) is 7.34. The average molecular weight is 244 g/mol. The summed E-state index contributed by atoms with van der Waals surface area (Å²) in [4.78, 5) is 23.6. The maximum atomic E-state index is 11.6. The highest BCUT2D eigenvalue weighted by Crippen LogP contribution is 2.04. The summed E-state index contributed by atoms with van der Waals surface area (Å²) < 4.78 is 0. The smallest absolute Gasteiger partial charge is 0.317 e. The third kappa shape index (κ3) is 8.54. The first-order chi connectivity index (χ1) is 7.82. The van der Waals surface area contributed by atoms with E-state index in [1.54, 1.807) is 11.9 Å². The molecule has 0 spiro atoms. The van der Waals surface area contributed by atoms with Gasteiger partial charge < -0.3 is 15.3 Å². The van der Waals surface area contributed by atoms with Crippen molar-refractivity contribution in [1.82, 2.24) is 10.2 Å². The molecule has 0 saturated heterocycles. The molecule has 0 heterocycles. The van der Waals surface area contributed by atoms with Crippen molar-refractivity contribution in [2.45, 2.75) is 33.6 Å². The molecule has 5 heteroatoms. The highest BCUT2D eigenvalue weighted by atomic mass is 16.4. The van der Waals surface area contributed by atoms with Crippen molar-refractivity contribution in [3.05, 3.63) is 0 Å². The van der Waals surface area contributed by atoms with Crippen molar-refractivity contribution in [1.29, 1.82) is 0 Å². The second kappa shape index (κ2) is 7.92. The van der Waals surface area contributed by atoms with Gasteiger partial charge in [-0.3, -0.25) is 4.79 Å². The lowest BCUT2D eigenvalue weighted by atomic mass is 10.1. The van der Waals surface area contributed by atoms with Crippen molar-refractivity contribution in [3.8, 4) is 0 Å². The van der Waals surface area contributed by atoms with Gasteiger partial charge in [0, 0.05) is 26.6 Å². The van der Waals surface area contributed by atoms with E-state index < -0.39 is 5.97 Å². The van der Waals surface area contributed by atoms with Gasteiger partial charge in [0.1, 0.15) is 0 Å². The largest absolute Gasteiger partial charge is 0.481 e. The van der Waals surface area contributed by atoms with E-state index in [9.17, 15) is 9.59 Å². The zero-order valence-electron chi connectivity index (χ0n) is 11.2. The Balaban J connectivity index is 3.78. The van der Waals surface area contributed by atoms with Crippen molar-refractivity contribution in [3.63, 3.8) is 0 Å². The molecular formula is C12H24N2O3. The summed E-state index contributed by atoms with van der Waals surface area (Å²) >= 11 is 0. The number of carboxylic acid groups (broad SMARTS) is 1. The molecule has 2 amide bonds. The van der Waals surface area contributed by atoms with Crippen molar-refractivity contribution >= 4 is 12.0 Å². The number of nitrogens with one attached hydrogen (secondary N) is 1. The van der Waals surface area contributed by atoms with Crippen LogP contribution in [0.2, 0.25) is 0 Å². The second-order valence-electron chi connectivity index (χ2n) is 5.00. The fourth-order valence-electron chi connectivity index (χ4n) is 1.50. The van der Waals surface area contributed by atoms with E-state index in [-0.39, 0.29) is 18.4 Å². The Labute approximate surface area is 103 Å². The number of carbonyl (C=O) groups is 2. The lowest BCUT2D eigenvalue weighted by Crippen LogP contribution is -2.40. The van der Waals surface area contributed by atoms with Gasteiger partial charge in [-0.25, -0.2) is 4.79 Å². The highest BCUT2D eigenvalue weighted by molar-refractivity contribution is 5.73. The van der Waals surface area contributed by atoms with Gasteiger partial charge in [0.25, 0.3) is 0 Å². The zero-order valence-corrected chi connectivity index (χ0v) is 11.2. The van der Waals surface area contributed by atoms with E-state index in [4.69, 9.17) is 5.11 Å². The fourth-order valence-corrected chi connectivity index (χ4v) is 1.50. The molecule has 0 aromatic carbocycles. The summed E-state index contributed by atoms with van der Waals surface area (Å²) in [6.07, 6.45) is 0.738. The highest BCUT2D eigenvalue weighted by Gasteiger charge is 2.11. The maximum absolute atomic E-state index is 11.6. The first kappa shape index (κ1) is 15.7. The number of amides is 2. The van der Waals surface area contributed by atoms with E-state index >= 15 is 0 Å². The molecule has 0 bridgehead atoms. The third-order valence-corrected chi connectivity index (χ3v) is 2.44. The van der Waals surface area contributed by atoms with Crippen LogP contribution in [0.15, 0.2) is 0 Å². The first-order valence-corrected chi connectivity index (χ1v) is 6.03. The minimum atomic E-state index is -0.792. The van der Waals surface area contributed by atoms with Gasteiger partial charge in [0.15, 0.2) is 0 Å². The standard InChI is InChI=1S/C12H24N2O3/c1-9(2)8-14(4)12(17)13-7-10(3)5-6-11(15)16/h9-10H,5-8H2,1-4H3,(H,13,17)(H,15,16). The third-order valence-electron chi connectivity index (χ3n) is 2.44. The number of carboxylic acids is 1. The molecule has 17 heavy (non-hydrogen) atoms. The fraction of sp³-hybridized carbons (Fsp3) is 0.833. The Hall–Kier alpha value is -1.26. The van der Waals surface area contributed by atoms with Gasteiger partial charge in [-0.05, 0) is 18.3 Å². The molecule has 0 fully saturated rings. The number of urea groups is 1. The van der Waals surface area contributed by atoms with Crippen molar-refractivity contribution in [2.75, 3.05) is 20.1 Å². The summed E-state index contributed by atoms with van der Waals surface area (Å²) in [7, 11) is 1.76. The van der Waals surface area contributed by atoms with Crippen LogP contribution in [0.5, 0.6) is 0 Å². The summed E-state index contributed by atoms with van der Waals surface area (Å²) in [5, 5.41) is 11.3. The number of hydrogen-bond acceptors (Lipinski definition) is 2. The molecule has 1 unspecified atom stereocenters. The molecule has 2 N–H and O–H groups in total. The Bertz CT molecular complexity index is 254. The molecule has 100 valence electrons. The predicted octanol–water partition coefficient (Wildman–Crippen LogP) is 1.78. The van der Waals surface area contributed by atoms with Crippen LogP contribution < -0.4 is 5.32 Å². The molecule has 1 atom stereocenters. The van der Waals surface area contributed by atoms with E-state index in [0.717, 1.165) is 6.54 Å². The van der Waals surface area contributed by atoms with Crippen LogP contribution >= 0.6 is 0 Å². The molecular weight excluding hydrogens is 220 g/mol. The maximum Gasteiger partial charge on any atom is 0.317 e. The summed E-state index contributed by atoms with van der Waals surface area (Å²) in [5.41, 5.74) is 0. The molecule has 0 aliphatic carbocycles. The van der Waals surface area contributed by atoms with Crippen LogP contribution in [-0.2, 0) is 4.79 Å². The number of nitrogens with zero attached hydrogens (tertiary/aromatic N) is 1. The van der Waals surface area contributed by atoms with E-state index in [2.05, 4.69) is 19.2 Å². The molecule has 0 aromatic heterocycles. The summed E-state index contributed by atoms with van der Waals surface area (Å²) in [6, 6.07) is -0.0964. The van der Waals surface area contributed by atoms with Crippen LogP contribution in [0.25, 0.3) is 0 Å². The van der Waals surface area contributed by atoms with Crippen molar-refractivity contribution in [2.24, 2.45) is 11.8 Å². The first-order valence-electron chi connectivity index (χ1n) is 6.03. The lowest BCUT2D eigenvalue weighted by molar-refractivity contribution is -0.137. The molecule has 0 rings (SSSR count). The van der Waals surface area contributed by atoms with Gasteiger partial charge >= 0.3 is 12.0 Å². The Morgan fingerprint density at radius 1 is 1.29 bits per heavy atom. The average Bonchev–Trinajstić information content (AvgIpc) is 2.21. The van der Waals surface area contributed by atoms with Crippen LogP contribution in [0.3, 0.4) is 0 Å². The Morgan fingerprint density at radius 3 is 2.35 bits per heavy atom. The molecule has 0 radical (unpaired) electrons. The van der Waals surface area contributed by atoms with Gasteiger partial charge in [-0.2, -0.15) is 0 Å². The minimum absolute atomic E-state index is 0.0964. The number of rotatable bonds is 7. The molecule has 0 saturated carbocycles. The molecule has 0 aliphatic rings. The van der Waals surface area contributed by atoms with Crippen molar-refractivity contribution < 1.29 is 14.7 Å². The van der Waals surface area contributed by atoms with Gasteiger partial charge in [-0.15, -0.1) is 0 Å². The van der Waals surface area contributed by atoms with Crippen LogP contribution in [-0.4, -0.2) is 42.1 Å². The number of aliphatic carboxylic acids is 1. The number of carbonyl (C=O) groups excluding carboxylic acids is 1. The summed E-state index contributed by atoms with van der Waals surface area (Å²) in [5.74, 6) is -0.169. The van der Waals surface area contributed by atoms with Gasteiger partial charge in [-0.1, -0.05) is 20.8 Å². The molecule has 5 nitrogen and oxygen atoms in total.